The number of carbonyl (C=O) groups excluding carboxylic acids is 1. The van der Waals surface area contributed by atoms with Crippen LogP contribution in [0, 0.1) is 6.92 Å². The quantitative estimate of drug-likeness (QED) is 0.316. The summed E-state index contributed by atoms with van der Waals surface area (Å²) in [5, 5.41) is 0.725. The normalized spacial score (nSPS) is 17.1. The van der Waals surface area contributed by atoms with Crippen LogP contribution in [-0.4, -0.2) is 38.4 Å². The summed E-state index contributed by atoms with van der Waals surface area (Å²) in [4.78, 5) is 24.4. The molecule has 1 unspecified atom stereocenters. The molecule has 1 aliphatic rings. The average Bonchev–Trinajstić information content (AvgIpc) is 2.78. The number of hydrogen-bond donors (Lipinski definition) is 0. The van der Waals surface area contributed by atoms with E-state index in [4.69, 9.17) is 13.9 Å². The van der Waals surface area contributed by atoms with E-state index >= 15 is 0 Å². The summed E-state index contributed by atoms with van der Waals surface area (Å²) >= 11 is 0. The molecule has 0 amide bonds. The third-order valence-electron chi connectivity index (χ3n) is 5.86. The highest BCUT2D eigenvalue weighted by molar-refractivity contribution is 7.89. The molecular formula is C24H25NO7S. The summed E-state index contributed by atoms with van der Waals surface area (Å²) < 4.78 is 44.1. The lowest BCUT2D eigenvalue weighted by atomic mass is 10.1. The van der Waals surface area contributed by atoms with E-state index < -0.39 is 21.6 Å². The van der Waals surface area contributed by atoms with Crippen molar-refractivity contribution in [3.63, 3.8) is 0 Å². The number of hydrogen-bond acceptors (Lipinski definition) is 7. The maximum Gasteiger partial charge on any atom is 0.343 e. The fourth-order valence-corrected chi connectivity index (χ4v) is 5.98. The van der Waals surface area contributed by atoms with E-state index in [1.165, 1.54) is 41.7 Å². The highest BCUT2D eigenvalue weighted by Gasteiger charge is 2.33. The van der Waals surface area contributed by atoms with Crippen LogP contribution in [0.4, 0.5) is 0 Å². The molecule has 3 aromatic rings. The zero-order valence-corrected chi connectivity index (χ0v) is 19.5. The van der Waals surface area contributed by atoms with Gasteiger partial charge in [0.2, 0.25) is 10.0 Å². The molecule has 1 fully saturated rings. The first-order chi connectivity index (χ1) is 15.7. The molecule has 174 valence electrons. The van der Waals surface area contributed by atoms with Gasteiger partial charge in [-0.3, -0.25) is 0 Å². The second kappa shape index (κ2) is 8.99. The molecule has 2 heterocycles. The van der Waals surface area contributed by atoms with Gasteiger partial charge in [-0.1, -0.05) is 6.42 Å². The van der Waals surface area contributed by atoms with Gasteiger partial charge >= 0.3 is 11.6 Å². The van der Waals surface area contributed by atoms with Crippen molar-refractivity contribution in [1.82, 2.24) is 4.31 Å². The Bertz CT molecular complexity index is 1380. The number of piperidine rings is 1. The summed E-state index contributed by atoms with van der Waals surface area (Å²) in [6.45, 7) is 4.08. The van der Waals surface area contributed by atoms with Gasteiger partial charge in [-0.15, -0.1) is 0 Å². The maximum absolute atomic E-state index is 13.4. The first-order valence-electron chi connectivity index (χ1n) is 10.7. The second-order valence-corrected chi connectivity index (χ2v) is 9.98. The summed E-state index contributed by atoms with van der Waals surface area (Å²) in [5.74, 6) is -0.409. The van der Waals surface area contributed by atoms with Crippen molar-refractivity contribution < 1.29 is 27.1 Å². The molecule has 1 atom stereocenters. The molecule has 1 saturated heterocycles. The number of nitrogens with zero attached hydrogens (tertiary/aromatic N) is 1. The van der Waals surface area contributed by atoms with Crippen molar-refractivity contribution in [3.8, 4) is 11.5 Å². The standard InChI is InChI=1S/C24H25NO7S/c1-15-12-23(26)32-21-14-18(8-9-19(15)21)31-24(27)17-7-10-20(30-3)22(13-17)33(28,29)25-11-5-4-6-16(25)2/h7-10,12-14,16H,4-6,11H2,1-3H3. The number of sulfonamides is 1. The first-order valence-corrected chi connectivity index (χ1v) is 12.1. The molecule has 0 N–H and O–H groups in total. The van der Waals surface area contributed by atoms with Crippen LogP contribution >= 0.6 is 0 Å². The largest absolute Gasteiger partial charge is 0.495 e. The SMILES string of the molecule is COc1ccc(C(=O)Oc2ccc3c(C)cc(=O)oc3c2)cc1S(=O)(=O)N1CCCCC1C. The van der Waals surface area contributed by atoms with Crippen LogP contribution in [0.25, 0.3) is 11.0 Å². The van der Waals surface area contributed by atoms with E-state index in [0.29, 0.717) is 12.1 Å². The van der Waals surface area contributed by atoms with Crippen LogP contribution in [0.5, 0.6) is 11.5 Å². The van der Waals surface area contributed by atoms with Gasteiger partial charge in [-0.2, -0.15) is 4.31 Å². The van der Waals surface area contributed by atoms with E-state index in [-0.39, 0.29) is 28.0 Å². The fourth-order valence-electron chi connectivity index (χ4n) is 4.10. The van der Waals surface area contributed by atoms with Crippen molar-refractivity contribution in [1.29, 1.82) is 0 Å². The van der Waals surface area contributed by atoms with Crippen LogP contribution in [0.3, 0.4) is 0 Å². The van der Waals surface area contributed by atoms with Gasteiger partial charge in [0.15, 0.2) is 0 Å². The highest BCUT2D eigenvalue weighted by atomic mass is 32.2. The van der Waals surface area contributed by atoms with Gasteiger partial charge < -0.3 is 13.9 Å². The molecule has 0 saturated carbocycles. The Morgan fingerprint density at radius 1 is 1.12 bits per heavy atom. The summed E-state index contributed by atoms with van der Waals surface area (Å²) in [7, 11) is -2.48. The lowest BCUT2D eigenvalue weighted by molar-refractivity contribution is 0.0734. The van der Waals surface area contributed by atoms with Crippen LogP contribution in [-0.2, 0) is 10.0 Å². The molecule has 1 aliphatic heterocycles. The van der Waals surface area contributed by atoms with Crippen LogP contribution in [0.2, 0.25) is 0 Å². The van der Waals surface area contributed by atoms with E-state index in [1.807, 2.05) is 6.92 Å². The van der Waals surface area contributed by atoms with Gasteiger partial charge in [0.25, 0.3) is 0 Å². The summed E-state index contributed by atoms with van der Waals surface area (Å²) in [5.41, 5.74) is 0.601. The molecule has 9 heteroatoms. The first kappa shape index (κ1) is 23.0. The lowest BCUT2D eigenvalue weighted by Gasteiger charge is -2.32. The predicted octanol–water partition coefficient (Wildman–Crippen LogP) is 3.89. The monoisotopic (exact) mass is 471 g/mol. The Morgan fingerprint density at radius 2 is 1.91 bits per heavy atom. The number of benzene rings is 2. The molecule has 0 aliphatic carbocycles. The van der Waals surface area contributed by atoms with Gasteiger partial charge in [0.05, 0.1) is 12.7 Å². The zero-order chi connectivity index (χ0) is 23.8. The fraction of sp³-hybridized carbons (Fsp3) is 0.333. The van der Waals surface area contributed by atoms with Gasteiger partial charge in [-0.25, -0.2) is 18.0 Å². The molecular weight excluding hydrogens is 446 g/mol. The van der Waals surface area contributed by atoms with E-state index in [2.05, 4.69) is 0 Å². The molecule has 33 heavy (non-hydrogen) atoms. The number of rotatable bonds is 5. The lowest BCUT2D eigenvalue weighted by Crippen LogP contribution is -2.42. The second-order valence-electron chi connectivity index (χ2n) is 8.12. The Labute approximate surface area is 191 Å². The third kappa shape index (κ3) is 4.51. The molecule has 0 radical (unpaired) electrons. The van der Waals surface area contributed by atoms with E-state index in [1.54, 1.807) is 19.1 Å². The van der Waals surface area contributed by atoms with Crippen LogP contribution < -0.4 is 15.1 Å². The minimum absolute atomic E-state index is 0.0600. The average molecular weight is 472 g/mol. The smallest absolute Gasteiger partial charge is 0.343 e. The Morgan fingerprint density at radius 3 is 2.64 bits per heavy atom. The number of methoxy groups -OCH3 is 1. The molecule has 8 nitrogen and oxygen atoms in total. The van der Waals surface area contributed by atoms with Gasteiger partial charge in [-0.05, 0) is 62.6 Å². The van der Waals surface area contributed by atoms with Crippen LogP contribution in [0.1, 0.15) is 42.1 Å². The van der Waals surface area contributed by atoms with Gasteiger partial charge in [0, 0.05) is 30.1 Å². The zero-order valence-electron chi connectivity index (χ0n) is 18.7. The molecule has 1 aromatic heterocycles. The van der Waals surface area contributed by atoms with Crippen molar-refractivity contribution in [2.75, 3.05) is 13.7 Å². The minimum Gasteiger partial charge on any atom is -0.495 e. The Hall–Kier alpha value is -3.17. The van der Waals surface area contributed by atoms with Crippen molar-refractivity contribution in [3.05, 3.63) is 64.0 Å². The number of carbonyl (C=O) groups is 1. The Balaban J connectivity index is 1.66. The van der Waals surface area contributed by atoms with Crippen molar-refractivity contribution in [2.24, 2.45) is 0 Å². The topological polar surface area (TPSA) is 103 Å². The van der Waals surface area contributed by atoms with Crippen molar-refractivity contribution in [2.45, 2.75) is 44.0 Å². The molecule has 2 aromatic carbocycles. The molecule has 0 bridgehead atoms. The molecule has 4 rings (SSSR count). The minimum atomic E-state index is -3.87. The van der Waals surface area contributed by atoms with E-state index in [0.717, 1.165) is 30.2 Å². The summed E-state index contributed by atoms with van der Waals surface area (Å²) in [6.07, 6.45) is 2.54. The third-order valence-corrected chi connectivity index (χ3v) is 7.90. The molecule has 0 spiro atoms. The van der Waals surface area contributed by atoms with Crippen LogP contribution in [0.15, 0.2) is 56.6 Å². The van der Waals surface area contributed by atoms with Gasteiger partial charge in [0.1, 0.15) is 22.0 Å². The van der Waals surface area contributed by atoms with E-state index in [9.17, 15) is 18.0 Å². The maximum atomic E-state index is 13.4. The van der Waals surface area contributed by atoms with Crippen molar-refractivity contribution >= 4 is 27.0 Å². The highest BCUT2D eigenvalue weighted by Crippen LogP contribution is 2.32. The Kier molecular flexibility index (Phi) is 6.27. The predicted molar refractivity (Wildman–Crippen MR) is 122 cm³/mol. The number of fused-ring (bicyclic) bond motifs is 1. The number of aryl methyl sites for hydroxylation is 1. The number of ether oxygens (including phenoxy) is 2. The number of esters is 1. The summed E-state index contributed by atoms with van der Waals surface area (Å²) in [6, 6.07) is 10.2.